The molecule has 1 saturated heterocycles. The van der Waals surface area contributed by atoms with Crippen molar-refractivity contribution in [1.29, 1.82) is 0 Å². The Bertz CT molecular complexity index is 410. The van der Waals surface area contributed by atoms with E-state index in [1.54, 1.807) is 0 Å². The molecular formula is C17H26N2S. The lowest BCUT2D eigenvalue weighted by Gasteiger charge is -2.34. The number of hydrogen-bond acceptors (Lipinski definition) is 2. The van der Waals surface area contributed by atoms with E-state index in [1.165, 1.54) is 44.3 Å². The molecule has 0 bridgehead atoms. The average Bonchev–Trinajstić information content (AvgIpc) is 2.47. The largest absolute Gasteiger partial charge is 0.393 e. The summed E-state index contributed by atoms with van der Waals surface area (Å²) in [7, 11) is 0. The highest BCUT2D eigenvalue weighted by atomic mass is 32.1. The van der Waals surface area contributed by atoms with E-state index in [1.807, 2.05) is 6.07 Å². The van der Waals surface area contributed by atoms with Crippen LogP contribution in [-0.2, 0) is 0 Å². The van der Waals surface area contributed by atoms with E-state index < -0.39 is 0 Å². The van der Waals surface area contributed by atoms with Crippen LogP contribution in [-0.4, -0.2) is 29.5 Å². The Hall–Kier alpha value is -0.930. The molecule has 3 heteroatoms. The monoisotopic (exact) mass is 290 g/mol. The predicted octanol–water partition coefficient (Wildman–Crippen LogP) is 3.57. The fraction of sp³-hybridized carbons (Fsp3) is 0.588. The minimum Gasteiger partial charge on any atom is -0.393 e. The van der Waals surface area contributed by atoms with Crippen LogP contribution in [0.15, 0.2) is 30.3 Å². The number of rotatable bonds is 6. The van der Waals surface area contributed by atoms with Gasteiger partial charge >= 0.3 is 0 Å². The number of thiocarbonyl (C=S) groups is 1. The van der Waals surface area contributed by atoms with Gasteiger partial charge in [0.1, 0.15) is 0 Å². The van der Waals surface area contributed by atoms with Gasteiger partial charge in [0, 0.05) is 12.5 Å². The van der Waals surface area contributed by atoms with Gasteiger partial charge in [-0.3, -0.25) is 0 Å². The third-order valence-corrected chi connectivity index (χ3v) is 4.67. The molecule has 0 spiro atoms. The molecule has 2 nitrogen and oxygen atoms in total. The topological polar surface area (TPSA) is 29.3 Å². The van der Waals surface area contributed by atoms with Gasteiger partial charge in [-0.15, -0.1) is 0 Å². The maximum atomic E-state index is 5.97. The van der Waals surface area contributed by atoms with Crippen molar-refractivity contribution in [2.24, 2.45) is 11.7 Å². The zero-order valence-electron chi connectivity index (χ0n) is 12.4. The molecule has 0 aromatic heterocycles. The van der Waals surface area contributed by atoms with Gasteiger partial charge in [-0.25, -0.2) is 0 Å². The summed E-state index contributed by atoms with van der Waals surface area (Å²) in [6.45, 7) is 5.64. The SMILES string of the molecule is CCCC1CCN(CC(C(N)=S)c2ccccc2)CC1. The Morgan fingerprint density at radius 2 is 1.95 bits per heavy atom. The first-order valence-electron chi connectivity index (χ1n) is 7.77. The van der Waals surface area contributed by atoms with E-state index in [-0.39, 0.29) is 5.92 Å². The molecule has 1 atom stereocenters. The van der Waals surface area contributed by atoms with Gasteiger partial charge in [-0.2, -0.15) is 0 Å². The van der Waals surface area contributed by atoms with Crippen LogP contribution in [0, 0.1) is 5.92 Å². The molecule has 2 rings (SSSR count). The van der Waals surface area contributed by atoms with Gasteiger partial charge in [0.15, 0.2) is 0 Å². The Balaban J connectivity index is 1.92. The van der Waals surface area contributed by atoms with Crippen LogP contribution in [0.3, 0.4) is 0 Å². The zero-order chi connectivity index (χ0) is 14.4. The molecule has 1 fully saturated rings. The highest BCUT2D eigenvalue weighted by Gasteiger charge is 2.23. The molecule has 1 aliphatic rings. The first-order chi connectivity index (χ1) is 9.70. The average molecular weight is 290 g/mol. The van der Waals surface area contributed by atoms with Crippen LogP contribution in [0.2, 0.25) is 0 Å². The molecule has 1 aromatic carbocycles. The zero-order valence-corrected chi connectivity index (χ0v) is 13.2. The summed E-state index contributed by atoms with van der Waals surface area (Å²) >= 11 is 5.28. The van der Waals surface area contributed by atoms with E-state index in [9.17, 15) is 0 Å². The quantitative estimate of drug-likeness (QED) is 0.812. The lowest BCUT2D eigenvalue weighted by molar-refractivity contribution is 0.177. The second-order valence-electron chi connectivity index (χ2n) is 5.90. The molecule has 0 aliphatic carbocycles. The molecule has 20 heavy (non-hydrogen) atoms. The summed E-state index contributed by atoms with van der Waals surface area (Å²) in [5, 5.41) is 0. The van der Waals surface area contributed by atoms with Gasteiger partial charge in [-0.1, -0.05) is 62.3 Å². The first kappa shape index (κ1) is 15.5. The van der Waals surface area contributed by atoms with Crippen molar-refractivity contribution in [2.45, 2.75) is 38.5 Å². The molecule has 1 unspecified atom stereocenters. The lowest BCUT2D eigenvalue weighted by atomic mass is 9.91. The summed E-state index contributed by atoms with van der Waals surface area (Å²) < 4.78 is 0. The minimum absolute atomic E-state index is 0.189. The number of piperidine rings is 1. The molecule has 1 aromatic rings. The normalized spacial score (nSPS) is 18.9. The molecule has 2 N–H and O–H groups in total. The van der Waals surface area contributed by atoms with Crippen molar-refractivity contribution >= 4 is 17.2 Å². The molecule has 110 valence electrons. The van der Waals surface area contributed by atoms with Crippen molar-refractivity contribution in [3.63, 3.8) is 0 Å². The van der Waals surface area contributed by atoms with E-state index >= 15 is 0 Å². The summed E-state index contributed by atoms with van der Waals surface area (Å²) in [4.78, 5) is 3.15. The van der Waals surface area contributed by atoms with Crippen molar-refractivity contribution in [2.75, 3.05) is 19.6 Å². The highest BCUT2D eigenvalue weighted by Crippen LogP contribution is 2.24. The molecular weight excluding hydrogens is 264 g/mol. The molecule has 0 radical (unpaired) electrons. The van der Waals surface area contributed by atoms with Crippen molar-refractivity contribution in [3.05, 3.63) is 35.9 Å². The van der Waals surface area contributed by atoms with Gasteiger partial charge in [-0.05, 0) is 37.4 Å². The molecule has 1 aliphatic heterocycles. The van der Waals surface area contributed by atoms with Crippen molar-refractivity contribution in [3.8, 4) is 0 Å². The van der Waals surface area contributed by atoms with E-state index in [0.29, 0.717) is 4.99 Å². The van der Waals surface area contributed by atoms with E-state index in [4.69, 9.17) is 18.0 Å². The Labute approximate surface area is 128 Å². The fourth-order valence-corrected chi connectivity index (χ4v) is 3.38. The van der Waals surface area contributed by atoms with Crippen LogP contribution >= 0.6 is 12.2 Å². The minimum atomic E-state index is 0.189. The maximum absolute atomic E-state index is 5.97. The van der Waals surface area contributed by atoms with Crippen molar-refractivity contribution in [1.82, 2.24) is 4.90 Å². The van der Waals surface area contributed by atoms with E-state index in [0.717, 1.165) is 12.5 Å². The van der Waals surface area contributed by atoms with Crippen LogP contribution in [0.1, 0.15) is 44.1 Å². The van der Waals surface area contributed by atoms with Crippen LogP contribution in [0.4, 0.5) is 0 Å². The van der Waals surface area contributed by atoms with E-state index in [2.05, 4.69) is 36.1 Å². The maximum Gasteiger partial charge on any atom is 0.0816 e. The number of hydrogen-bond donors (Lipinski definition) is 1. The van der Waals surface area contributed by atoms with Gasteiger partial charge in [0.25, 0.3) is 0 Å². The Morgan fingerprint density at radius 3 is 2.50 bits per heavy atom. The third-order valence-electron chi connectivity index (χ3n) is 4.39. The predicted molar refractivity (Wildman–Crippen MR) is 90.0 cm³/mol. The second kappa shape index (κ2) is 7.75. The Morgan fingerprint density at radius 1 is 1.30 bits per heavy atom. The van der Waals surface area contributed by atoms with Gasteiger partial charge in [0.2, 0.25) is 0 Å². The van der Waals surface area contributed by atoms with Gasteiger partial charge in [0.05, 0.1) is 4.99 Å². The smallest absolute Gasteiger partial charge is 0.0816 e. The number of nitrogens with zero attached hydrogens (tertiary/aromatic N) is 1. The standard InChI is InChI=1S/C17H26N2S/c1-2-6-14-9-11-19(12-10-14)13-16(17(18)20)15-7-4-3-5-8-15/h3-5,7-8,14,16H,2,6,9-13H2,1H3,(H2,18,20). The molecule has 1 heterocycles. The lowest BCUT2D eigenvalue weighted by Crippen LogP contribution is -2.39. The summed E-state index contributed by atoms with van der Waals surface area (Å²) in [6, 6.07) is 10.4. The summed E-state index contributed by atoms with van der Waals surface area (Å²) in [5.74, 6) is 1.12. The summed E-state index contributed by atoms with van der Waals surface area (Å²) in [5.41, 5.74) is 7.21. The van der Waals surface area contributed by atoms with Crippen LogP contribution in [0.25, 0.3) is 0 Å². The van der Waals surface area contributed by atoms with Crippen LogP contribution in [0.5, 0.6) is 0 Å². The van der Waals surface area contributed by atoms with Crippen LogP contribution < -0.4 is 5.73 Å². The fourth-order valence-electron chi connectivity index (χ4n) is 3.17. The number of nitrogens with two attached hydrogens (primary N) is 1. The third kappa shape index (κ3) is 4.29. The number of likely N-dealkylation sites (tertiary alicyclic amines) is 1. The van der Waals surface area contributed by atoms with Gasteiger partial charge < -0.3 is 10.6 Å². The summed E-state index contributed by atoms with van der Waals surface area (Å²) in [6.07, 6.45) is 5.34. The first-order valence-corrected chi connectivity index (χ1v) is 8.18. The molecule has 0 saturated carbocycles. The second-order valence-corrected chi connectivity index (χ2v) is 6.37. The number of benzene rings is 1. The molecule has 0 amide bonds. The Kier molecular flexibility index (Phi) is 5.99. The van der Waals surface area contributed by atoms with Crippen molar-refractivity contribution < 1.29 is 0 Å². The highest BCUT2D eigenvalue weighted by molar-refractivity contribution is 7.80.